The molecule has 0 bridgehead atoms. The van der Waals surface area contributed by atoms with Gasteiger partial charge in [0.15, 0.2) is 0 Å². The van der Waals surface area contributed by atoms with Crippen LogP contribution in [0.15, 0.2) is 54.6 Å². The Kier molecular flexibility index (Phi) is 4.26. The minimum Gasteiger partial charge on any atom is -0.457 e. The summed E-state index contributed by atoms with van der Waals surface area (Å²) in [7, 11) is 0. The van der Waals surface area contributed by atoms with E-state index in [1.54, 1.807) is 0 Å². The fourth-order valence-electron chi connectivity index (χ4n) is 2.79. The minimum absolute atomic E-state index is 0.454. The summed E-state index contributed by atoms with van der Waals surface area (Å²) in [6.45, 7) is 4.46. The molecule has 2 heteroatoms. The van der Waals surface area contributed by atoms with E-state index in [1.807, 2.05) is 42.5 Å². The van der Waals surface area contributed by atoms with Crippen LogP contribution in [0.4, 0.5) is 0 Å². The number of ether oxygens (including phenoxy) is 2. The van der Waals surface area contributed by atoms with Gasteiger partial charge in [0.05, 0.1) is 12.2 Å². The van der Waals surface area contributed by atoms with Gasteiger partial charge in [-0.05, 0) is 48.6 Å². The number of para-hydroxylation sites is 1. The second-order valence-corrected chi connectivity index (χ2v) is 5.79. The summed E-state index contributed by atoms with van der Waals surface area (Å²) in [5.41, 5.74) is 1.34. The molecule has 0 spiro atoms. The van der Waals surface area contributed by atoms with Gasteiger partial charge in [0, 0.05) is 0 Å². The zero-order valence-electron chi connectivity index (χ0n) is 12.7. The molecule has 2 aromatic rings. The summed E-state index contributed by atoms with van der Waals surface area (Å²) >= 11 is 0. The Hall–Kier alpha value is -1.80. The Bertz CT molecular complexity index is 562. The Morgan fingerprint density at radius 1 is 1.00 bits per heavy atom. The van der Waals surface area contributed by atoms with Gasteiger partial charge in [0.2, 0.25) is 0 Å². The highest BCUT2D eigenvalue weighted by Crippen LogP contribution is 2.33. The van der Waals surface area contributed by atoms with Crippen LogP contribution in [0.3, 0.4) is 0 Å². The van der Waals surface area contributed by atoms with E-state index < -0.39 is 0 Å². The standard InChI is InChI=1S/C19H22O2/c1-3-18-19(21-18)14(2)13-15-9-11-17(12-10-15)20-16-7-5-4-6-8-16/h4-12,14,18-19H,3,13H2,1-2H3. The molecule has 0 N–H and O–H groups in total. The summed E-state index contributed by atoms with van der Waals surface area (Å²) < 4.78 is 11.5. The molecule has 3 rings (SSSR count). The fraction of sp³-hybridized carbons (Fsp3) is 0.368. The monoisotopic (exact) mass is 282 g/mol. The van der Waals surface area contributed by atoms with Crippen LogP contribution in [0.25, 0.3) is 0 Å². The Morgan fingerprint density at radius 3 is 2.29 bits per heavy atom. The number of rotatable bonds is 6. The van der Waals surface area contributed by atoms with Crippen molar-refractivity contribution in [1.82, 2.24) is 0 Å². The number of hydrogen-bond donors (Lipinski definition) is 0. The summed E-state index contributed by atoms with van der Waals surface area (Å²) in [5, 5.41) is 0. The van der Waals surface area contributed by atoms with Crippen LogP contribution < -0.4 is 4.74 Å². The summed E-state index contributed by atoms with van der Waals surface area (Å²) in [6, 6.07) is 18.3. The maximum absolute atomic E-state index is 5.81. The lowest BCUT2D eigenvalue weighted by Crippen LogP contribution is -2.09. The quantitative estimate of drug-likeness (QED) is 0.707. The molecule has 0 saturated carbocycles. The van der Waals surface area contributed by atoms with Crippen molar-refractivity contribution in [2.75, 3.05) is 0 Å². The average molecular weight is 282 g/mol. The van der Waals surface area contributed by atoms with Crippen molar-refractivity contribution in [3.63, 3.8) is 0 Å². The van der Waals surface area contributed by atoms with E-state index in [-0.39, 0.29) is 0 Å². The summed E-state index contributed by atoms with van der Waals surface area (Å²) in [4.78, 5) is 0. The maximum atomic E-state index is 5.81. The van der Waals surface area contributed by atoms with E-state index in [4.69, 9.17) is 9.47 Å². The maximum Gasteiger partial charge on any atom is 0.127 e. The SMILES string of the molecule is CCC1OC1C(C)Cc1ccc(Oc2ccccc2)cc1. The third-order valence-electron chi connectivity index (χ3n) is 4.04. The molecule has 1 fully saturated rings. The molecular weight excluding hydrogens is 260 g/mol. The van der Waals surface area contributed by atoms with Crippen molar-refractivity contribution >= 4 is 0 Å². The predicted molar refractivity (Wildman–Crippen MR) is 84.8 cm³/mol. The lowest BCUT2D eigenvalue weighted by atomic mass is 9.96. The van der Waals surface area contributed by atoms with Crippen molar-refractivity contribution in [1.29, 1.82) is 0 Å². The molecule has 1 aliphatic heterocycles. The van der Waals surface area contributed by atoms with E-state index in [0.717, 1.165) is 24.3 Å². The molecule has 3 unspecified atom stereocenters. The van der Waals surface area contributed by atoms with Crippen molar-refractivity contribution < 1.29 is 9.47 Å². The van der Waals surface area contributed by atoms with Gasteiger partial charge in [0.1, 0.15) is 11.5 Å². The second kappa shape index (κ2) is 6.31. The van der Waals surface area contributed by atoms with Crippen LogP contribution in [0.1, 0.15) is 25.8 Å². The van der Waals surface area contributed by atoms with E-state index in [9.17, 15) is 0 Å². The molecule has 0 radical (unpaired) electrons. The minimum atomic E-state index is 0.454. The van der Waals surface area contributed by atoms with Crippen molar-refractivity contribution in [3.8, 4) is 11.5 Å². The molecule has 2 nitrogen and oxygen atoms in total. The molecule has 3 atom stereocenters. The normalized spacial score (nSPS) is 21.8. The lowest BCUT2D eigenvalue weighted by Gasteiger charge is -2.10. The molecular formula is C19H22O2. The molecule has 1 saturated heterocycles. The zero-order valence-corrected chi connectivity index (χ0v) is 12.7. The van der Waals surface area contributed by atoms with Gasteiger partial charge in [-0.3, -0.25) is 0 Å². The number of hydrogen-bond acceptors (Lipinski definition) is 2. The van der Waals surface area contributed by atoms with Crippen LogP contribution in [0.5, 0.6) is 11.5 Å². The zero-order chi connectivity index (χ0) is 14.7. The smallest absolute Gasteiger partial charge is 0.127 e. The largest absolute Gasteiger partial charge is 0.457 e. The highest BCUT2D eigenvalue weighted by Gasteiger charge is 2.40. The first-order valence-electron chi connectivity index (χ1n) is 7.73. The van der Waals surface area contributed by atoms with Gasteiger partial charge < -0.3 is 9.47 Å². The van der Waals surface area contributed by atoms with Gasteiger partial charge in [-0.25, -0.2) is 0 Å². The second-order valence-electron chi connectivity index (χ2n) is 5.79. The van der Waals surface area contributed by atoms with Crippen LogP contribution in [0.2, 0.25) is 0 Å². The molecule has 1 aliphatic rings. The molecule has 0 aromatic heterocycles. The lowest BCUT2D eigenvalue weighted by molar-refractivity contribution is 0.322. The summed E-state index contributed by atoms with van der Waals surface area (Å²) in [5.74, 6) is 2.33. The summed E-state index contributed by atoms with van der Waals surface area (Å²) in [6.07, 6.45) is 3.13. The van der Waals surface area contributed by atoms with Gasteiger partial charge in [-0.15, -0.1) is 0 Å². The molecule has 2 aromatic carbocycles. The van der Waals surface area contributed by atoms with Gasteiger partial charge >= 0.3 is 0 Å². The van der Waals surface area contributed by atoms with Gasteiger partial charge in [-0.2, -0.15) is 0 Å². The van der Waals surface area contributed by atoms with Crippen molar-refractivity contribution in [2.24, 2.45) is 5.92 Å². The number of epoxide rings is 1. The van der Waals surface area contributed by atoms with Crippen molar-refractivity contribution in [2.45, 2.75) is 38.9 Å². The first-order valence-corrected chi connectivity index (χ1v) is 7.73. The molecule has 0 amide bonds. The third-order valence-corrected chi connectivity index (χ3v) is 4.04. The van der Waals surface area contributed by atoms with E-state index in [1.165, 1.54) is 5.56 Å². The Morgan fingerprint density at radius 2 is 1.67 bits per heavy atom. The van der Waals surface area contributed by atoms with E-state index in [2.05, 4.69) is 26.0 Å². The average Bonchev–Trinajstić information content (AvgIpc) is 3.30. The number of benzene rings is 2. The predicted octanol–water partition coefficient (Wildman–Crippen LogP) is 4.83. The van der Waals surface area contributed by atoms with Crippen LogP contribution in [0, 0.1) is 5.92 Å². The van der Waals surface area contributed by atoms with Crippen LogP contribution >= 0.6 is 0 Å². The van der Waals surface area contributed by atoms with E-state index in [0.29, 0.717) is 18.1 Å². The van der Waals surface area contributed by atoms with Crippen molar-refractivity contribution in [3.05, 3.63) is 60.2 Å². The fourth-order valence-corrected chi connectivity index (χ4v) is 2.79. The highest BCUT2D eigenvalue weighted by molar-refractivity contribution is 5.33. The molecule has 110 valence electrons. The van der Waals surface area contributed by atoms with Crippen LogP contribution in [-0.2, 0) is 11.2 Å². The van der Waals surface area contributed by atoms with Gasteiger partial charge in [0.25, 0.3) is 0 Å². The highest BCUT2D eigenvalue weighted by atomic mass is 16.6. The molecule has 1 heterocycles. The Labute approximate surface area is 126 Å². The first kappa shape index (κ1) is 14.2. The van der Waals surface area contributed by atoms with Gasteiger partial charge in [-0.1, -0.05) is 44.2 Å². The van der Waals surface area contributed by atoms with Crippen LogP contribution in [-0.4, -0.2) is 12.2 Å². The first-order chi connectivity index (χ1) is 10.3. The van der Waals surface area contributed by atoms with E-state index >= 15 is 0 Å². The Balaban J connectivity index is 1.57. The molecule has 0 aliphatic carbocycles. The molecule has 21 heavy (non-hydrogen) atoms. The third kappa shape index (κ3) is 3.64. The topological polar surface area (TPSA) is 21.8 Å².